The summed E-state index contributed by atoms with van der Waals surface area (Å²) in [6.07, 6.45) is 0.664. The Balaban J connectivity index is 1.78. The number of carbonyl (C=O) groups is 5. The molecule has 2 heterocycles. The molecule has 0 aromatic rings. The highest BCUT2D eigenvalue weighted by Gasteiger charge is 2.68. The number of esters is 4. The van der Waals surface area contributed by atoms with E-state index in [1.54, 1.807) is 6.08 Å². The summed E-state index contributed by atoms with van der Waals surface area (Å²) in [4.78, 5) is 63.7. The fourth-order valence-corrected chi connectivity index (χ4v) is 7.10. The average molecular weight is 527 g/mol. The van der Waals surface area contributed by atoms with E-state index in [-0.39, 0.29) is 24.2 Å². The van der Waals surface area contributed by atoms with Crippen molar-refractivity contribution >= 4 is 45.6 Å². The minimum absolute atomic E-state index is 0.0372. The number of rotatable bonds is 3. The summed E-state index contributed by atoms with van der Waals surface area (Å²) in [6, 6.07) is 0. The van der Waals surface area contributed by atoms with Gasteiger partial charge in [-0.1, -0.05) is 13.8 Å². The Hall–Kier alpha value is -2.23. The Morgan fingerprint density at radius 1 is 1.15 bits per heavy atom. The molecule has 10 heteroatoms. The first-order valence-electron chi connectivity index (χ1n) is 11.0. The smallest absolute Gasteiger partial charge is 0.339 e. The van der Waals surface area contributed by atoms with Crippen LogP contribution in [0.3, 0.4) is 0 Å². The molecule has 0 spiro atoms. The molecular weight excluding hydrogens is 500 g/mol. The van der Waals surface area contributed by atoms with Crippen LogP contribution in [0.1, 0.15) is 46.5 Å². The molecule has 0 aromatic carbocycles. The van der Waals surface area contributed by atoms with Crippen LogP contribution in [0.2, 0.25) is 0 Å². The van der Waals surface area contributed by atoms with Gasteiger partial charge >= 0.3 is 23.9 Å². The van der Waals surface area contributed by atoms with E-state index in [9.17, 15) is 24.0 Å². The van der Waals surface area contributed by atoms with E-state index < -0.39 is 69.7 Å². The highest BCUT2D eigenvalue weighted by atomic mass is 79.9. The Bertz CT molecular complexity index is 958. The molecule has 33 heavy (non-hydrogen) atoms. The lowest BCUT2D eigenvalue weighted by atomic mass is 9.43. The molecule has 8 atom stereocenters. The van der Waals surface area contributed by atoms with Crippen molar-refractivity contribution in [1.29, 1.82) is 0 Å². The summed E-state index contributed by atoms with van der Waals surface area (Å²) in [5.74, 6) is -4.55. The zero-order valence-corrected chi connectivity index (χ0v) is 20.5. The first-order chi connectivity index (χ1) is 15.4. The maximum absolute atomic E-state index is 13.8. The molecule has 0 aromatic heterocycles. The molecule has 180 valence electrons. The zero-order valence-electron chi connectivity index (χ0n) is 18.9. The molecule has 0 N–H and O–H groups in total. The van der Waals surface area contributed by atoms with E-state index in [4.69, 9.17) is 18.9 Å². The van der Waals surface area contributed by atoms with Crippen LogP contribution < -0.4 is 0 Å². The molecule has 4 aliphatic rings. The van der Waals surface area contributed by atoms with Gasteiger partial charge in [-0.05, 0) is 52.1 Å². The van der Waals surface area contributed by atoms with Crippen LogP contribution in [0, 0.1) is 28.6 Å². The van der Waals surface area contributed by atoms with Gasteiger partial charge in [0.15, 0.2) is 16.9 Å². The third-order valence-electron chi connectivity index (χ3n) is 8.01. The average Bonchev–Trinajstić information content (AvgIpc) is 3.06. The van der Waals surface area contributed by atoms with Crippen LogP contribution in [0.25, 0.3) is 0 Å². The number of halogens is 1. The molecule has 2 aliphatic carbocycles. The number of carbonyl (C=O) groups excluding carboxylic acids is 5. The SMILES string of the molecule is COC(=O)[C@@H]1C[C@H](OC(C)=O)C(=O)[C@H]2[C@@]1(C)CC[C@H]1C(=O)O[C@H](C3=C[C@@H](Br)OC3=O)C[C@]21C. The predicted octanol–water partition coefficient (Wildman–Crippen LogP) is 2.24. The van der Waals surface area contributed by atoms with Gasteiger partial charge < -0.3 is 18.9 Å². The quantitative estimate of drug-likeness (QED) is 0.309. The van der Waals surface area contributed by atoms with Gasteiger partial charge in [-0.25, -0.2) is 4.79 Å². The number of cyclic esters (lactones) is 2. The lowest BCUT2D eigenvalue weighted by Crippen LogP contribution is -2.65. The van der Waals surface area contributed by atoms with Crippen LogP contribution in [0.5, 0.6) is 0 Å². The van der Waals surface area contributed by atoms with Gasteiger partial charge in [0.1, 0.15) is 6.10 Å². The lowest BCUT2D eigenvalue weighted by Gasteiger charge is -2.61. The molecule has 0 radical (unpaired) electrons. The predicted molar refractivity (Wildman–Crippen MR) is 114 cm³/mol. The van der Waals surface area contributed by atoms with E-state index in [0.717, 1.165) is 0 Å². The Morgan fingerprint density at radius 2 is 1.85 bits per heavy atom. The largest absolute Gasteiger partial charge is 0.469 e. The minimum atomic E-state index is -1.11. The van der Waals surface area contributed by atoms with E-state index in [1.807, 2.05) is 13.8 Å². The summed E-state index contributed by atoms with van der Waals surface area (Å²) in [6.45, 7) is 4.92. The minimum Gasteiger partial charge on any atom is -0.469 e. The van der Waals surface area contributed by atoms with Gasteiger partial charge in [0.2, 0.25) is 0 Å². The normalized spacial score (nSPS) is 42.3. The molecule has 2 aliphatic heterocycles. The second-order valence-electron chi connectivity index (χ2n) is 9.86. The molecular formula is C23H27BrO9. The molecule has 9 nitrogen and oxygen atoms in total. The Kier molecular flexibility index (Phi) is 5.95. The number of fused-ring (bicyclic) bond motifs is 3. The maximum Gasteiger partial charge on any atom is 0.339 e. The Labute approximate surface area is 199 Å². The number of alkyl halides is 1. The molecule has 0 unspecified atom stereocenters. The second-order valence-corrected chi connectivity index (χ2v) is 10.8. The summed E-state index contributed by atoms with van der Waals surface area (Å²) in [5.41, 5.74) is -1.52. The van der Waals surface area contributed by atoms with Gasteiger partial charge in [0.25, 0.3) is 0 Å². The molecule has 4 rings (SSSR count). The summed E-state index contributed by atoms with van der Waals surface area (Å²) >= 11 is 3.21. The van der Waals surface area contributed by atoms with E-state index in [2.05, 4.69) is 15.9 Å². The summed E-state index contributed by atoms with van der Waals surface area (Å²) < 4.78 is 21.1. The highest BCUT2D eigenvalue weighted by Crippen LogP contribution is 2.64. The van der Waals surface area contributed by atoms with Crippen LogP contribution in [0.15, 0.2) is 11.6 Å². The number of Topliss-reactive ketones (excluding diaryl/α,β-unsaturated/α-hetero) is 1. The topological polar surface area (TPSA) is 122 Å². The van der Waals surface area contributed by atoms with Crippen LogP contribution in [-0.4, -0.2) is 54.0 Å². The Morgan fingerprint density at radius 3 is 2.42 bits per heavy atom. The first kappa shape index (κ1) is 23.9. The van der Waals surface area contributed by atoms with Gasteiger partial charge in [-0.2, -0.15) is 0 Å². The van der Waals surface area contributed by atoms with Crippen molar-refractivity contribution in [2.24, 2.45) is 28.6 Å². The first-order valence-corrected chi connectivity index (χ1v) is 11.9. The third kappa shape index (κ3) is 3.70. The van der Waals surface area contributed by atoms with Crippen molar-refractivity contribution in [3.8, 4) is 0 Å². The molecule has 2 saturated carbocycles. The number of hydrogen-bond acceptors (Lipinski definition) is 9. The second kappa shape index (κ2) is 8.21. The standard InChI is InChI=1S/C23H27BrO9/c1-10(25)31-14-8-13(20(28)30-4)22(2)6-5-12-21(29)32-15(11-7-16(24)33-19(11)27)9-23(12,3)18(22)17(14)26/h7,12-16,18H,5-6,8-9H2,1-4H3/t12-,13-,14-,15-,16-,18-,22-,23-/m0/s1. The molecule has 3 fully saturated rings. The summed E-state index contributed by atoms with van der Waals surface area (Å²) in [7, 11) is 1.29. The van der Waals surface area contributed by atoms with Gasteiger partial charge in [-0.15, -0.1) is 0 Å². The van der Waals surface area contributed by atoms with Crippen molar-refractivity contribution in [3.63, 3.8) is 0 Å². The molecule has 0 amide bonds. The van der Waals surface area contributed by atoms with E-state index >= 15 is 0 Å². The van der Waals surface area contributed by atoms with Gasteiger partial charge in [0, 0.05) is 19.3 Å². The lowest BCUT2D eigenvalue weighted by molar-refractivity contribution is -0.207. The molecule has 1 saturated heterocycles. The zero-order chi connectivity index (χ0) is 24.3. The van der Waals surface area contributed by atoms with E-state index in [0.29, 0.717) is 12.8 Å². The van der Waals surface area contributed by atoms with Crippen molar-refractivity contribution in [1.82, 2.24) is 0 Å². The van der Waals surface area contributed by atoms with Crippen molar-refractivity contribution < 1.29 is 42.9 Å². The van der Waals surface area contributed by atoms with Gasteiger partial charge in [0.05, 0.1) is 24.5 Å². The van der Waals surface area contributed by atoms with Crippen LogP contribution in [-0.2, 0) is 42.9 Å². The summed E-state index contributed by atoms with van der Waals surface area (Å²) in [5, 5.41) is -0.616. The van der Waals surface area contributed by atoms with Crippen molar-refractivity contribution in [2.75, 3.05) is 7.11 Å². The highest BCUT2D eigenvalue weighted by molar-refractivity contribution is 9.09. The fourth-order valence-electron chi connectivity index (χ4n) is 6.65. The van der Waals surface area contributed by atoms with Crippen LogP contribution >= 0.6 is 15.9 Å². The molecule has 0 bridgehead atoms. The van der Waals surface area contributed by atoms with Crippen molar-refractivity contribution in [3.05, 3.63) is 11.6 Å². The van der Waals surface area contributed by atoms with Crippen molar-refractivity contribution in [2.45, 2.75) is 63.7 Å². The monoisotopic (exact) mass is 526 g/mol. The number of hydrogen-bond donors (Lipinski definition) is 0. The van der Waals surface area contributed by atoms with Crippen LogP contribution in [0.4, 0.5) is 0 Å². The third-order valence-corrected chi connectivity index (χ3v) is 8.46. The fraction of sp³-hybridized carbons (Fsp3) is 0.696. The number of ketones is 1. The van der Waals surface area contributed by atoms with E-state index in [1.165, 1.54) is 14.0 Å². The number of methoxy groups -OCH3 is 1. The maximum atomic E-state index is 13.8. The van der Waals surface area contributed by atoms with Gasteiger partial charge in [-0.3, -0.25) is 19.2 Å². The number of ether oxygens (including phenoxy) is 4.